The van der Waals surface area contributed by atoms with E-state index in [1.165, 1.54) is 0 Å². The minimum absolute atomic E-state index is 0.272. The number of fused-ring (bicyclic) bond motifs is 1. The Hall–Kier alpha value is -1.35. The fourth-order valence-corrected chi connectivity index (χ4v) is 1.77. The van der Waals surface area contributed by atoms with Gasteiger partial charge in [0.2, 0.25) is 0 Å². The summed E-state index contributed by atoms with van der Waals surface area (Å²) in [4.78, 5) is 10.8. The van der Waals surface area contributed by atoms with Crippen molar-refractivity contribution in [1.82, 2.24) is 5.32 Å². The third-order valence-electron chi connectivity index (χ3n) is 2.49. The van der Waals surface area contributed by atoms with Crippen LogP contribution in [0.15, 0.2) is 18.2 Å². The van der Waals surface area contributed by atoms with Crippen molar-refractivity contribution in [2.75, 3.05) is 0 Å². The summed E-state index contributed by atoms with van der Waals surface area (Å²) in [6.45, 7) is 2.70. The molecule has 3 nitrogen and oxygen atoms in total. The van der Waals surface area contributed by atoms with Crippen LogP contribution in [0, 0.1) is 0 Å². The number of hydrogen-bond donors (Lipinski definition) is 2. The Labute approximate surface area is 76.4 Å². The predicted octanol–water partition coefficient (Wildman–Crippen LogP) is 1.55. The molecule has 1 heterocycles. The van der Waals surface area contributed by atoms with Crippen LogP contribution in [0.2, 0.25) is 0 Å². The zero-order valence-electron chi connectivity index (χ0n) is 7.37. The number of rotatable bonds is 1. The second-order valence-electron chi connectivity index (χ2n) is 3.28. The van der Waals surface area contributed by atoms with E-state index in [1.54, 1.807) is 12.1 Å². The van der Waals surface area contributed by atoms with Gasteiger partial charge in [0.05, 0.1) is 5.56 Å². The van der Waals surface area contributed by atoms with E-state index in [0.717, 1.165) is 11.1 Å². The first kappa shape index (κ1) is 8.26. The van der Waals surface area contributed by atoms with Crippen LogP contribution in [-0.4, -0.2) is 11.1 Å². The molecule has 0 spiro atoms. The van der Waals surface area contributed by atoms with Crippen LogP contribution in [0.25, 0.3) is 0 Å². The molecule has 3 heteroatoms. The number of carboxylic acids is 1. The van der Waals surface area contributed by atoms with Gasteiger partial charge in [-0.15, -0.1) is 0 Å². The average Bonchev–Trinajstić information content (AvgIpc) is 2.48. The van der Waals surface area contributed by atoms with Crippen LogP contribution in [0.3, 0.4) is 0 Å². The highest BCUT2D eigenvalue weighted by Gasteiger charge is 2.22. The topological polar surface area (TPSA) is 49.3 Å². The quantitative estimate of drug-likeness (QED) is 0.684. The molecule has 68 valence electrons. The highest BCUT2D eigenvalue weighted by molar-refractivity contribution is 5.90. The van der Waals surface area contributed by atoms with E-state index < -0.39 is 5.97 Å². The lowest BCUT2D eigenvalue weighted by molar-refractivity contribution is 0.0695. The predicted molar refractivity (Wildman–Crippen MR) is 48.7 cm³/mol. The van der Waals surface area contributed by atoms with Gasteiger partial charge >= 0.3 is 5.97 Å². The molecule has 13 heavy (non-hydrogen) atoms. The standard InChI is InChI=1S/C10H11NO2/c1-6-7-3-2-4-8(10(12)13)9(7)5-11-6/h2-4,6,11H,5H2,1H3,(H,12,13)/t6-/m0/s1. The van der Waals surface area contributed by atoms with Crippen LogP contribution in [0.4, 0.5) is 0 Å². The molecule has 0 saturated heterocycles. The van der Waals surface area contributed by atoms with Gasteiger partial charge in [0.15, 0.2) is 0 Å². The van der Waals surface area contributed by atoms with Gasteiger partial charge in [0.25, 0.3) is 0 Å². The Bertz CT molecular complexity index is 360. The lowest BCUT2D eigenvalue weighted by atomic mass is 10.0. The van der Waals surface area contributed by atoms with Gasteiger partial charge in [-0.1, -0.05) is 12.1 Å². The highest BCUT2D eigenvalue weighted by atomic mass is 16.4. The van der Waals surface area contributed by atoms with E-state index in [1.807, 2.05) is 13.0 Å². The summed E-state index contributed by atoms with van der Waals surface area (Å²) in [5.74, 6) is -0.840. The van der Waals surface area contributed by atoms with E-state index in [9.17, 15) is 4.79 Å². The molecule has 1 aromatic rings. The Morgan fingerprint density at radius 3 is 3.08 bits per heavy atom. The third-order valence-corrected chi connectivity index (χ3v) is 2.49. The lowest BCUT2D eigenvalue weighted by Gasteiger charge is -2.04. The van der Waals surface area contributed by atoms with Gasteiger partial charge in [-0.3, -0.25) is 0 Å². The van der Waals surface area contributed by atoms with E-state index in [4.69, 9.17) is 5.11 Å². The van der Waals surface area contributed by atoms with Crippen molar-refractivity contribution < 1.29 is 9.90 Å². The average molecular weight is 177 g/mol. The maximum absolute atomic E-state index is 10.8. The molecule has 0 radical (unpaired) electrons. The van der Waals surface area contributed by atoms with Gasteiger partial charge < -0.3 is 10.4 Å². The second kappa shape index (κ2) is 2.85. The smallest absolute Gasteiger partial charge is 0.336 e. The fourth-order valence-electron chi connectivity index (χ4n) is 1.77. The fraction of sp³-hybridized carbons (Fsp3) is 0.300. The summed E-state index contributed by atoms with van der Waals surface area (Å²) in [5, 5.41) is 12.1. The number of benzene rings is 1. The summed E-state index contributed by atoms with van der Waals surface area (Å²) in [6.07, 6.45) is 0. The molecular weight excluding hydrogens is 166 g/mol. The largest absolute Gasteiger partial charge is 0.478 e. The molecule has 1 aromatic carbocycles. The van der Waals surface area contributed by atoms with Crippen LogP contribution in [-0.2, 0) is 6.54 Å². The molecule has 0 aliphatic carbocycles. The van der Waals surface area contributed by atoms with E-state index in [0.29, 0.717) is 12.1 Å². The SMILES string of the molecule is C[C@@H]1NCc2c(C(=O)O)cccc21. The van der Waals surface area contributed by atoms with Crippen molar-refractivity contribution in [2.24, 2.45) is 0 Å². The lowest BCUT2D eigenvalue weighted by Crippen LogP contribution is -2.07. The van der Waals surface area contributed by atoms with E-state index >= 15 is 0 Å². The summed E-state index contributed by atoms with van der Waals surface area (Å²) in [5.41, 5.74) is 2.47. The summed E-state index contributed by atoms with van der Waals surface area (Å²) in [7, 11) is 0. The number of nitrogens with one attached hydrogen (secondary N) is 1. The molecule has 0 unspecified atom stereocenters. The van der Waals surface area contributed by atoms with Gasteiger partial charge in [-0.05, 0) is 24.1 Å². The van der Waals surface area contributed by atoms with Crippen molar-refractivity contribution in [3.63, 3.8) is 0 Å². The number of carboxylic acid groups (broad SMARTS) is 1. The van der Waals surface area contributed by atoms with Crippen molar-refractivity contribution in [3.05, 3.63) is 34.9 Å². The summed E-state index contributed by atoms with van der Waals surface area (Å²) < 4.78 is 0. The zero-order valence-corrected chi connectivity index (χ0v) is 7.37. The van der Waals surface area contributed by atoms with Gasteiger partial charge in [-0.25, -0.2) is 4.79 Å². The Kier molecular flexibility index (Phi) is 1.81. The molecule has 2 rings (SSSR count). The van der Waals surface area contributed by atoms with Crippen molar-refractivity contribution in [2.45, 2.75) is 19.5 Å². The van der Waals surface area contributed by atoms with E-state index in [-0.39, 0.29) is 6.04 Å². The molecule has 0 saturated carbocycles. The van der Waals surface area contributed by atoms with E-state index in [2.05, 4.69) is 5.32 Å². The molecule has 1 atom stereocenters. The highest BCUT2D eigenvalue weighted by Crippen LogP contribution is 2.27. The molecule has 1 aliphatic heterocycles. The number of aromatic carboxylic acids is 1. The van der Waals surface area contributed by atoms with Crippen LogP contribution in [0.1, 0.15) is 34.5 Å². The second-order valence-corrected chi connectivity index (χ2v) is 3.28. The molecule has 0 fully saturated rings. The molecule has 0 bridgehead atoms. The zero-order chi connectivity index (χ0) is 9.42. The maximum atomic E-state index is 10.8. The summed E-state index contributed by atoms with van der Waals surface area (Å²) in [6, 6.07) is 5.70. The van der Waals surface area contributed by atoms with Gasteiger partial charge in [-0.2, -0.15) is 0 Å². The molecule has 1 aliphatic rings. The third kappa shape index (κ3) is 1.21. The molecule has 2 N–H and O–H groups in total. The maximum Gasteiger partial charge on any atom is 0.336 e. The minimum Gasteiger partial charge on any atom is -0.478 e. The molecular formula is C10H11NO2. The monoisotopic (exact) mass is 177 g/mol. The first-order chi connectivity index (χ1) is 6.20. The number of hydrogen-bond acceptors (Lipinski definition) is 2. The minimum atomic E-state index is -0.840. The van der Waals surface area contributed by atoms with Crippen LogP contribution < -0.4 is 5.32 Å². The Morgan fingerprint density at radius 2 is 2.38 bits per heavy atom. The van der Waals surface area contributed by atoms with Crippen LogP contribution in [0.5, 0.6) is 0 Å². The molecule has 0 amide bonds. The van der Waals surface area contributed by atoms with Crippen molar-refractivity contribution in [1.29, 1.82) is 0 Å². The summed E-state index contributed by atoms with van der Waals surface area (Å²) >= 11 is 0. The Morgan fingerprint density at radius 1 is 1.62 bits per heavy atom. The first-order valence-electron chi connectivity index (χ1n) is 4.28. The van der Waals surface area contributed by atoms with Crippen molar-refractivity contribution >= 4 is 5.97 Å². The van der Waals surface area contributed by atoms with Crippen LogP contribution >= 0.6 is 0 Å². The Balaban J connectivity index is 2.57. The normalized spacial score (nSPS) is 19.9. The molecule has 0 aromatic heterocycles. The number of carbonyl (C=O) groups is 1. The first-order valence-corrected chi connectivity index (χ1v) is 4.28. The van der Waals surface area contributed by atoms with Gasteiger partial charge in [0.1, 0.15) is 0 Å². The van der Waals surface area contributed by atoms with Gasteiger partial charge in [0, 0.05) is 12.6 Å². The van der Waals surface area contributed by atoms with Crippen molar-refractivity contribution in [3.8, 4) is 0 Å².